The second kappa shape index (κ2) is 5.27. The minimum absolute atomic E-state index is 0.0577. The Labute approximate surface area is 118 Å². The SMILES string of the molecule is O=C(Cn1nnc(-c2cccs2)n1)N1C[C@@H](O)[C@@H](O)C1. The van der Waals surface area contributed by atoms with Gasteiger partial charge < -0.3 is 15.1 Å². The van der Waals surface area contributed by atoms with Gasteiger partial charge in [0.15, 0.2) is 0 Å². The summed E-state index contributed by atoms with van der Waals surface area (Å²) in [5.41, 5.74) is 0. The van der Waals surface area contributed by atoms with Crippen LogP contribution in [0.5, 0.6) is 0 Å². The molecule has 2 aromatic rings. The molecule has 0 saturated carbocycles. The van der Waals surface area contributed by atoms with E-state index in [-0.39, 0.29) is 25.5 Å². The van der Waals surface area contributed by atoms with Crippen LogP contribution in [0, 0.1) is 0 Å². The number of hydrogen-bond acceptors (Lipinski definition) is 7. The number of aromatic nitrogens is 4. The van der Waals surface area contributed by atoms with E-state index in [2.05, 4.69) is 15.4 Å². The van der Waals surface area contributed by atoms with Crippen molar-refractivity contribution in [2.24, 2.45) is 0 Å². The Morgan fingerprint density at radius 1 is 1.40 bits per heavy atom. The third kappa shape index (κ3) is 2.55. The molecule has 0 aliphatic carbocycles. The first-order valence-corrected chi connectivity index (χ1v) is 6.97. The maximum Gasteiger partial charge on any atom is 0.246 e. The molecule has 106 valence electrons. The van der Waals surface area contributed by atoms with Crippen molar-refractivity contribution in [1.82, 2.24) is 25.1 Å². The van der Waals surface area contributed by atoms with Crippen LogP contribution < -0.4 is 0 Å². The molecular weight excluding hydrogens is 282 g/mol. The Bertz CT molecular complexity index is 589. The summed E-state index contributed by atoms with van der Waals surface area (Å²) in [5, 5.41) is 32.6. The summed E-state index contributed by atoms with van der Waals surface area (Å²) in [7, 11) is 0. The molecule has 0 bridgehead atoms. The summed E-state index contributed by atoms with van der Waals surface area (Å²) >= 11 is 1.49. The zero-order chi connectivity index (χ0) is 14.1. The highest BCUT2D eigenvalue weighted by Crippen LogP contribution is 2.19. The van der Waals surface area contributed by atoms with E-state index in [1.807, 2.05) is 17.5 Å². The van der Waals surface area contributed by atoms with Gasteiger partial charge in [-0.15, -0.1) is 21.5 Å². The first kappa shape index (κ1) is 13.2. The van der Waals surface area contributed by atoms with Crippen molar-refractivity contribution in [2.45, 2.75) is 18.8 Å². The lowest BCUT2D eigenvalue weighted by molar-refractivity contribution is -0.131. The second-order valence-corrected chi connectivity index (χ2v) is 5.50. The van der Waals surface area contributed by atoms with Crippen molar-refractivity contribution in [3.8, 4) is 10.7 Å². The molecule has 2 aromatic heterocycles. The maximum atomic E-state index is 12.0. The van der Waals surface area contributed by atoms with Crippen LogP contribution in [0.2, 0.25) is 0 Å². The van der Waals surface area contributed by atoms with Crippen LogP contribution >= 0.6 is 11.3 Å². The van der Waals surface area contributed by atoms with E-state index in [4.69, 9.17) is 0 Å². The van der Waals surface area contributed by atoms with E-state index in [1.165, 1.54) is 21.0 Å². The van der Waals surface area contributed by atoms with E-state index in [9.17, 15) is 15.0 Å². The molecule has 1 fully saturated rings. The number of carbonyl (C=O) groups is 1. The van der Waals surface area contributed by atoms with Gasteiger partial charge in [0.2, 0.25) is 11.7 Å². The van der Waals surface area contributed by atoms with Crippen LogP contribution in [0.25, 0.3) is 10.7 Å². The number of nitrogens with zero attached hydrogens (tertiary/aromatic N) is 5. The molecule has 1 amide bonds. The number of rotatable bonds is 3. The van der Waals surface area contributed by atoms with Crippen molar-refractivity contribution in [2.75, 3.05) is 13.1 Å². The normalized spacial score (nSPS) is 22.4. The number of hydrogen-bond donors (Lipinski definition) is 2. The number of carbonyl (C=O) groups excluding carboxylic acids is 1. The monoisotopic (exact) mass is 295 g/mol. The highest BCUT2D eigenvalue weighted by atomic mass is 32.1. The molecule has 2 N–H and O–H groups in total. The molecule has 2 atom stereocenters. The van der Waals surface area contributed by atoms with E-state index >= 15 is 0 Å². The molecule has 3 rings (SSSR count). The van der Waals surface area contributed by atoms with Gasteiger partial charge in [0.25, 0.3) is 0 Å². The number of aliphatic hydroxyl groups excluding tert-OH is 2. The largest absolute Gasteiger partial charge is 0.388 e. The highest BCUT2D eigenvalue weighted by molar-refractivity contribution is 7.13. The van der Waals surface area contributed by atoms with Gasteiger partial charge in [0, 0.05) is 13.1 Å². The van der Waals surface area contributed by atoms with E-state index < -0.39 is 12.2 Å². The standard InChI is InChI=1S/C11H13N5O3S/c17-7-4-15(5-8(7)18)10(19)6-16-13-11(12-14-16)9-2-1-3-20-9/h1-3,7-8,17-18H,4-6H2/t7-,8+. The molecule has 20 heavy (non-hydrogen) atoms. The average Bonchev–Trinajstić information content (AvgIpc) is 3.11. The predicted molar refractivity (Wildman–Crippen MR) is 69.7 cm³/mol. The second-order valence-electron chi connectivity index (χ2n) is 4.55. The predicted octanol–water partition coefficient (Wildman–Crippen LogP) is -1.03. The molecule has 1 aliphatic heterocycles. The zero-order valence-electron chi connectivity index (χ0n) is 10.5. The van der Waals surface area contributed by atoms with Gasteiger partial charge in [-0.05, 0) is 16.7 Å². The molecule has 1 aliphatic rings. The Morgan fingerprint density at radius 2 is 2.15 bits per heavy atom. The fraction of sp³-hybridized carbons (Fsp3) is 0.455. The van der Waals surface area contributed by atoms with Crippen LogP contribution in [-0.2, 0) is 11.3 Å². The van der Waals surface area contributed by atoms with Gasteiger partial charge in [-0.25, -0.2) is 0 Å². The summed E-state index contributed by atoms with van der Waals surface area (Å²) in [4.78, 5) is 15.5. The van der Waals surface area contributed by atoms with Crippen molar-refractivity contribution >= 4 is 17.2 Å². The van der Waals surface area contributed by atoms with Gasteiger partial charge in [-0.2, -0.15) is 4.80 Å². The Balaban J connectivity index is 1.65. The molecule has 9 heteroatoms. The number of aliphatic hydroxyl groups is 2. The Morgan fingerprint density at radius 3 is 2.80 bits per heavy atom. The maximum absolute atomic E-state index is 12.0. The lowest BCUT2D eigenvalue weighted by atomic mass is 10.3. The fourth-order valence-electron chi connectivity index (χ4n) is 2.01. The van der Waals surface area contributed by atoms with Crippen LogP contribution in [0.1, 0.15) is 0 Å². The summed E-state index contributed by atoms with van der Waals surface area (Å²) in [6.45, 7) is 0.205. The fourth-order valence-corrected chi connectivity index (χ4v) is 2.66. The van der Waals surface area contributed by atoms with E-state index in [0.29, 0.717) is 5.82 Å². The summed E-state index contributed by atoms with van der Waals surface area (Å²) in [6, 6.07) is 3.76. The third-order valence-electron chi connectivity index (χ3n) is 3.08. The smallest absolute Gasteiger partial charge is 0.246 e. The van der Waals surface area contributed by atoms with Crippen molar-refractivity contribution < 1.29 is 15.0 Å². The molecule has 8 nitrogen and oxygen atoms in total. The highest BCUT2D eigenvalue weighted by Gasteiger charge is 2.32. The van der Waals surface area contributed by atoms with Crippen molar-refractivity contribution in [3.63, 3.8) is 0 Å². The first-order valence-electron chi connectivity index (χ1n) is 6.09. The average molecular weight is 295 g/mol. The van der Waals surface area contributed by atoms with E-state index in [0.717, 1.165) is 4.88 Å². The Hall–Kier alpha value is -1.84. The number of tetrazole rings is 1. The molecular formula is C11H13N5O3S. The minimum atomic E-state index is -0.885. The molecule has 0 radical (unpaired) electrons. The van der Waals surface area contributed by atoms with Gasteiger partial charge in [-0.3, -0.25) is 4.79 Å². The quantitative estimate of drug-likeness (QED) is 0.750. The van der Waals surface area contributed by atoms with Crippen LogP contribution in [-0.4, -0.2) is 66.5 Å². The summed E-state index contributed by atoms with van der Waals surface area (Å²) in [6.07, 6.45) is -1.77. The molecule has 3 heterocycles. The number of β-amino-alcohol motifs (C(OH)–C–C–N with tert-alkyl or cyclic N) is 2. The number of likely N-dealkylation sites (tertiary alicyclic amines) is 1. The van der Waals surface area contributed by atoms with Gasteiger partial charge >= 0.3 is 0 Å². The van der Waals surface area contributed by atoms with Crippen molar-refractivity contribution in [3.05, 3.63) is 17.5 Å². The number of amides is 1. The molecule has 1 saturated heterocycles. The molecule has 0 spiro atoms. The summed E-state index contributed by atoms with van der Waals surface area (Å²) < 4.78 is 0. The lowest BCUT2D eigenvalue weighted by Gasteiger charge is -2.14. The molecule has 0 aromatic carbocycles. The van der Waals surface area contributed by atoms with Gasteiger partial charge in [-0.1, -0.05) is 6.07 Å². The van der Waals surface area contributed by atoms with Crippen LogP contribution in [0.15, 0.2) is 17.5 Å². The topological polar surface area (TPSA) is 104 Å². The van der Waals surface area contributed by atoms with Crippen molar-refractivity contribution in [1.29, 1.82) is 0 Å². The lowest BCUT2D eigenvalue weighted by Crippen LogP contribution is -2.33. The van der Waals surface area contributed by atoms with Crippen LogP contribution in [0.4, 0.5) is 0 Å². The van der Waals surface area contributed by atoms with Crippen LogP contribution in [0.3, 0.4) is 0 Å². The van der Waals surface area contributed by atoms with E-state index in [1.54, 1.807) is 0 Å². The third-order valence-corrected chi connectivity index (χ3v) is 3.95. The Kier molecular flexibility index (Phi) is 3.47. The molecule has 0 unspecified atom stereocenters. The minimum Gasteiger partial charge on any atom is -0.388 e. The summed E-state index contributed by atoms with van der Waals surface area (Å²) in [5.74, 6) is 0.227. The first-order chi connectivity index (χ1) is 9.63. The zero-order valence-corrected chi connectivity index (χ0v) is 11.3. The number of thiophene rings is 1. The van der Waals surface area contributed by atoms with Gasteiger partial charge in [0.1, 0.15) is 6.54 Å². The van der Waals surface area contributed by atoms with Gasteiger partial charge in [0.05, 0.1) is 17.1 Å².